The van der Waals surface area contributed by atoms with Crippen molar-refractivity contribution in [1.82, 2.24) is 19.9 Å². The molecule has 5 N–H and O–H groups in total. The topological polar surface area (TPSA) is 224 Å². The van der Waals surface area contributed by atoms with Crippen molar-refractivity contribution in [3.05, 3.63) is 166 Å². The van der Waals surface area contributed by atoms with Gasteiger partial charge in [-0.25, -0.2) is 9.97 Å². The van der Waals surface area contributed by atoms with Gasteiger partial charge >= 0.3 is 0 Å². The Hall–Kier alpha value is -8.66. The predicted octanol–water partition coefficient (Wildman–Crippen LogP) is 11.1. The van der Waals surface area contributed by atoms with Crippen molar-refractivity contribution in [3.63, 3.8) is 0 Å². The molecule has 0 saturated heterocycles. The van der Waals surface area contributed by atoms with Crippen LogP contribution in [0.15, 0.2) is 110 Å². The average Bonchev–Trinajstić information content (AvgIpc) is 3.28. The molecule has 0 saturated carbocycles. The van der Waals surface area contributed by atoms with Gasteiger partial charge in [-0.05, 0) is 146 Å². The predicted molar refractivity (Wildman–Crippen MR) is 255 cm³/mol. The van der Waals surface area contributed by atoms with Gasteiger partial charge in [-0.3, -0.25) is 0 Å². The number of ether oxygens (including phenoxy) is 1. The lowest BCUT2D eigenvalue weighted by Crippen LogP contribution is -2.06. The standard InChI is InChI=1S/C26H24N6O.C23H20N6O.CH4.H2/c1-4-12-33-17-23-15-24(31-25-18(2)13-21(6-5-11-27)14-19(25)3)32-26(30-23)29-22-9-7-20(16-28)8-10-22;1-15-10-18(4-3-9-24)11-16(2)22(15)28-21-12-20(14-30)27-23(29-21)26-19-7-5-17(13-25)6-8-19;;/h4-10,13-15H,1,12,17H2,2-3H3,(H2,29,30,31,32);3-8,10-12,30H,14H2,1-2H3,(H2,26,27,28,29);1H4;1H/b6-5+;4-3+;;. The number of aryl methyl sites for hydroxylation is 4. The number of nitrogens with one attached hydrogen (secondary N) is 4. The Morgan fingerprint density at radius 3 is 1.39 bits per heavy atom. The minimum atomic E-state index is -0.227. The van der Waals surface area contributed by atoms with Crippen LogP contribution in [0.5, 0.6) is 0 Å². The number of rotatable bonds is 15. The van der Waals surface area contributed by atoms with Crippen LogP contribution in [0.1, 0.15) is 64.7 Å². The lowest BCUT2D eigenvalue weighted by Gasteiger charge is -2.15. The number of aliphatic hydroxyl groups is 1. The number of allylic oxidation sites excluding steroid dienone is 2. The van der Waals surface area contributed by atoms with E-state index in [1.165, 1.54) is 12.2 Å². The van der Waals surface area contributed by atoms with Crippen LogP contribution >= 0.6 is 0 Å². The summed E-state index contributed by atoms with van der Waals surface area (Å²) in [4.78, 5) is 18.0. The van der Waals surface area contributed by atoms with Crippen molar-refractivity contribution in [2.45, 2.75) is 48.3 Å². The second kappa shape index (κ2) is 24.0. The molecule has 0 aliphatic heterocycles. The summed E-state index contributed by atoms with van der Waals surface area (Å²) in [7, 11) is 0. The SMILES string of the molecule is C.C=CCOCc1cc(Nc2c(C)cc(/C=C/C#N)cc2C)nc(Nc2ccc(C#N)cc2)n1.Cc1cc(/C=C/C#N)cc(C)c1Nc1cc(CO)nc(Nc2ccc(C#N)cc2)n1.[HH]. The van der Waals surface area contributed by atoms with Crippen molar-refractivity contribution >= 4 is 58.4 Å². The zero-order valence-corrected chi connectivity index (χ0v) is 35.2. The smallest absolute Gasteiger partial charge is 0.229 e. The van der Waals surface area contributed by atoms with E-state index in [-0.39, 0.29) is 15.5 Å². The highest BCUT2D eigenvalue weighted by atomic mass is 16.5. The van der Waals surface area contributed by atoms with Crippen LogP contribution in [-0.2, 0) is 18.0 Å². The Kier molecular flexibility index (Phi) is 18.0. The summed E-state index contributed by atoms with van der Waals surface area (Å²) in [5.74, 6) is 1.89. The van der Waals surface area contributed by atoms with Gasteiger partial charge in [0.2, 0.25) is 11.9 Å². The van der Waals surface area contributed by atoms with E-state index in [4.69, 9.17) is 25.8 Å². The maximum atomic E-state index is 9.60. The third-order valence-corrected chi connectivity index (χ3v) is 9.06. The maximum Gasteiger partial charge on any atom is 0.229 e. The van der Waals surface area contributed by atoms with Gasteiger partial charge in [0, 0.05) is 48.5 Å². The molecule has 322 valence electrons. The molecule has 14 nitrogen and oxygen atoms in total. The first-order valence-corrected chi connectivity index (χ1v) is 19.5. The molecule has 2 aromatic heterocycles. The van der Waals surface area contributed by atoms with E-state index in [0.29, 0.717) is 59.3 Å². The highest BCUT2D eigenvalue weighted by Crippen LogP contribution is 2.29. The third-order valence-electron chi connectivity index (χ3n) is 9.06. The monoisotopic (exact) mass is 850 g/mol. The van der Waals surface area contributed by atoms with Crippen molar-refractivity contribution in [1.29, 1.82) is 21.0 Å². The molecule has 0 atom stereocenters. The van der Waals surface area contributed by atoms with Gasteiger partial charge in [-0.15, -0.1) is 6.58 Å². The van der Waals surface area contributed by atoms with Gasteiger partial charge in [0.1, 0.15) is 11.6 Å². The summed E-state index contributed by atoms with van der Waals surface area (Å²) in [5.41, 5.74) is 11.6. The van der Waals surface area contributed by atoms with E-state index in [9.17, 15) is 5.11 Å². The van der Waals surface area contributed by atoms with E-state index in [0.717, 1.165) is 56.1 Å². The summed E-state index contributed by atoms with van der Waals surface area (Å²) >= 11 is 0. The molecule has 14 heteroatoms. The molecule has 0 bridgehead atoms. The number of aromatic nitrogens is 4. The molecule has 0 radical (unpaired) electrons. The Balaban J connectivity index is 0.000000336. The molecule has 0 aliphatic carbocycles. The Morgan fingerprint density at radius 2 is 1.02 bits per heavy atom. The summed E-state index contributed by atoms with van der Waals surface area (Å²) in [6, 6.07) is 33.7. The molecule has 6 rings (SSSR count). The Bertz CT molecular complexity index is 2770. The fraction of sp³-hybridized carbons (Fsp3) is 0.160. The quantitative estimate of drug-likeness (QED) is 0.0368. The first-order valence-electron chi connectivity index (χ1n) is 19.5. The molecule has 0 aliphatic rings. The molecule has 0 unspecified atom stereocenters. The number of aliphatic hydroxyl groups excluding tert-OH is 1. The second-order valence-electron chi connectivity index (χ2n) is 14.0. The Morgan fingerprint density at radius 1 is 0.609 bits per heavy atom. The molecular weight excluding hydrogens is 801 g/mol. The van der Waals surface area contributed by atoms with Crippen LogP contribution < -0.4 is 21.3 Å². The lowest BCUT2D eigenvalue weighted by atomic mass is 10.0. The summed E-state index contributed by atoms with van der Waals surface area (Å²) in [5, 5.41) is 58.0. The zero-order chi connectivity index (χ0) is 45.1. The number of hydrogen-bond donors (Lipinski definition) is 5. The van der Waals surface area contributed by atoms with Crippen LogP contribution in [-0.4, -0.2) is 31.6 Å². The van der Waals surface area contributed by atoms with E-state index >= 15 is 0 Å². The van der Waals surface area contributed by atoms with Crippen LogP contribution in [0.4, 0.5) is 46.3 Å². The van der Waals surface area contributed by atoms with Crippen LogP contribution in [0, 0.1) is 73.0 Å². The first-order chi connectivity index (χ1) is 30.5. The van der Waals surface area contributed by atoms with Gasteiger partial charge in [0.05, 0.1) is 66.6 Å². The van der Waals surface area contributed by atoms with Crippen molar-refractivity contribution in [2.24, 2.45) is 0 Å². The highest BCUT2D eigenvalue weighted by molar-refractivity contribution is 5.71. The molecule has 0 amide bonds. The number of hydrogen-bond acceptors (Lipinski definition) is 14. The molecule has 2 heterocycles. The number of nitriles is 4. The van der Waals surface area contributed by atoms with E-state index in [1.54, 1.807) is 72.8 Å². The highest BCUT2D eigenvalue weighted by Gasteiger charge is 2.12. The molecule has 6 aromatic rings. The van der Waals surface area contributed by atoms with Crippen molar-refractivity contribution in [3.8, 4) is 24.3 Å². The number of anilines is 8. The number of nitrogens with zero attached hydrogens (tertiary/aromatic N) is 8. The summed E-state index contributed by atoms with van der Waals surface area (Å²) in [6.45, 7) is 12.1. The fourth-order valence-corrected chi connectivity index (χ4v) is 6.25. The lowest BCUT2D eigenvalue weighted by molar-refractivity contribution is 0.146. The van der Waals surface area contributed by atoms with Crippen LogP contribution in [0.3, 0.4) is 0 Å². The number of benzene rings is 4. The van der Waals surface area contributed by atoms with Gasteiger partial charge in [0.15, 0.2) is 0 Å². The molecule has 64 heavy (non-hydrogen) atoms. The van der Waals surface area contributed by atoms with Gasteiger partial charge in [-0.1, -0.05) is 13.5 Å². The first kappa shape index (κ1) is 48.0. The van der Waals surface area contributed by atoms with Gasteiger partial charge in [-0.2, -0.15) is 31.0 Å². The average molecular weight is 851 g/mol. The normalized spacial score (nSPS) is 10.3. The van der Waals surface area contributed by atoms with E-state index < -0.39 is 0 Å². The maximum absolute atomic E-state index is 9.60. The zero-order valence-electron chi connectivity index (χ0n) is 35.2. The minimum Gasteiger partial charge on any atom is -0.390 e. The van der Waals surface area contributed by atoms with Crippen LogP contribution in [0.25, 0.3) is 12.2 Å². The molecule has 4 aromatic carbocycles. The fourth-order valence-electron chi connectivity index (χ4n) is 6.25. The van der Waals surface area contributed by atoms with Gasteiger partial charge in [0.25, 0.3) is 0 Å². The summed E-state index contributed by atoms with van der Waals surface area (Å²) < 4.78 is 5.58. The Labute approximate surface area is 375 Å². The minimum absolute atomic E-state index is 0. The van der Waals surface area contributed by atoms with Crippen molar-refractivity contribution in [2.75, 3.05) is 27.9 Å². The largest absolute Gasteiger partial charge is 0.390 e. The van der Waals surface area contributed by atoms with Gasteiger partial charge < -0.3 is 31.1 Å². The van der Waals surface area contributed by atoms with Crippen molar-refractivity contribution < 1.29 is 11.3 Å². The molecule has 0 spiro atoms. The van der Waals surface area contributed by atoms with E-state index in [1.807, 2.05) is 70.2 Å². The third kappa shape index (κ3) is 14.0. The van der Waals surface area contributed by atoms with Crippen LogP contribution in [0.2, 0.25) is 0 Å². The van der Waals surface area contributed by atoms with E-state index in [2.05, 4.69) is 59.9 Å². The molecule has 0 fully saturated rings. The summed E-state index contributed by atoms with van der Waals surface area (Å²) in [6.07, 6.45) is 8.13. The second-order valence-corrected chi connectivity index (χ2v) is 14.0. The molecular formula is C50H50N12O2.